The quantitative estimate of drug-likeness (QED) is 0.612. The lowest BCUT2D eigenvalue weighted by molar-refractivity contribution is -0.273. The van der Waals surface area contributed by atoms with Crippen molar-refractivity contribution in [2.45, 2.75) is 58.0 Å². The SMILES string of the molecule is CC(=O)N[C@@H]1[C@H](OCc2ccccc2)O[C@H](C(=O)O)[C@H](OC(C)=O)[C@H]1OC(C)=O. The third-order valence-corrected chi connectivity index (χ3v) is 4.02. The van der Waals surface area contributed by atoms with Crippen LogP contribution in [0, 0.1) is 0 Å². The van der Waals surface area contributed by atoms with E-state index in [1.807, 2.05) is 6.07 Å². The highest BCUT2D eigenvalue weighted by molar-refractivity contribution is 5.76. The molecule has 2 rings (SSSR count). The first-order valence-corrected chi connectivity index (χ1v) is 8.84. The number of amides is 1. The standard InChI is InChI=1S/C19H23NO9/c1-10(21)20-14-15(27-11(2)22)16(28-12(3)23)17(18(24)25)29-19(14)26-9-13-7-5-4-6-8-13/h4-8,14-17,19H,9H2,1-3H3,(H,20,21)(H,24,25)/t14-,15-,16+,17-,19+/m0/s1. The van der Waals surface area contributed by atoms with Crippen molar-refractivity contribution in [1.82, 2.24) is 5.32 Å². The van der Waals surface area contributed by atoms with Crippen molar-refractivity contribution < 1.29 is 43.2 Å². The Hall–Kier alpha value is -2.98. The van der Waals surface area contributed by atoms with E-state index in [-0.39, 0.29) is 6.61 Å². The summed E-state index contributed by atoms with van der Waals surface area (Å²) in [7, 11) is 0. The Kier molecular flexibility index (Phi) is 7.68. The average molecular weight is 409 g/mol. The van der Waals surface area contributed by atoms with E-state index in [0.717, 1.165) is 19.4 Å². The van der Waals surface area contributed by atoms with Gasteiger partial charge in [0, 0.05) is 20.8 Å². The van der Waals surface area contributed by atoms with Gasteiger partial charge in [-0.3, -0.25) is 14.4 Å². The van der Waals surface area contributed by atoms with Crippen LogP contribution in [0.15, 0.2) is 30.3 Å². The second-order valence-corrected chi connectivity index (χ2v) is 6.43. The van der Waals surface area contributed by atoms with Gasteiger partial charge < -0.3 is 29.4 Å². The van der Waals surface area contributed by atoms with E-state index in [1.165, 1.54) is 6.92 Å². The van der Waals surface area contributed by atoms with Gasteiger partial charge in [0.1, 0.15) is 6.04 Å². The van der Waals surface area contributed by atoms with Gasteiger partial charge in [-0.2, -0.15) is 0 Å². The van der Waals surface area contributed by atoms with Gasteiger partial charge in [0.15, 0.2) is 24.6 Å². The lowest BCUT2D eigenvalue weighted by Crippen LogP contribution is -2.67. The topological polar surface area (TPSA) is 137 Å². The van der Waals surface area contributed by atoms with Gasteiger partial charge in [-0.15, -0.1) is 0 Å². The summed E-state index contributed by atoms with van der Waals surface area (Å²) in [5.41, 5.74) is 0.774. The van der Waals surface area contributed by atoms with Gasteiger partial charge >= 0.3 is 17.9 Å². The fraction of sp³-hybridized carbons (Fsp3) is 0.474. The number of esters is 2. The third-order valence-electron chi connectivity index (χ3n) is 4.02. The summed E-state index contributed by atoms with van der Waals surface area (Å²) in [5.74, 6) is -3.50. The number of rotatable bonds is 7. The van der Waals surface area contributed by atoms with Crippen LogP contribution >= 0.6 is 0 Å². The summed E-state index contributed by atoms with van der Waals surface area (Å²) in [5, 5.41) is 12.1. The summed E-state index contributed by atoms with van der Waals surface area (Å²) in [4.78, 5) is 46.6. The number of carbonyl (C=O) groups is 4. The van der Waals surface area contributed by atoms with Gasteiger partial charge in [-0.1, -0.05) is 30.3 Å². The van der Waals surface area contributed by atoms with Crippen LogP contribution in [0.2, 0.25) is 0 Å². The lowest BCUT2D eigenvalue weighted by Gasteiger charge is -2.43. The first-order valence-electron chi connectivity index (χ1n) is 8.84. The highest BCUT2D eigenvalue weighted by Crippen LogP contribution is 2.28. The molecule has 1 amide bonds. The summed E-state index contributed by atoms with van der Waals surface area (Å²) < 4.78 is 21.5. The molecule has 0 bridgehead atoms. The number of carboxylic acid groups (broad SMARTS) is 1. The Labute approximate surface area is 167 Å². The minimum Gasteiger partial charge on any atom is -0.479 e. The molecule has 0 aromatic heterocycles. The minimum atomic E-state index is -1.67. The molecule has 1 aromatic carbocycles. The third kappa shape index (κ3) is 6.26. The fourth-order valence-corrected chi connectivity index (χ4v) is 2.97. The van der Waals surface area contributed by atoms with Crippen molar-refractivity contribution in [3.63, 3.8) is 0 Å². The van der Waals surface area contributed by atoms with E-state index in [0.29, 0.717) is 0 Å². The van der Waals surface area contributed by atoms with Crippen LogP contribution in [0.5, 0.6) is 0 Å². The summed E-state index contributed by atoms with van der Waals surface area (Å²) >= 11 is 0. The fourth-order valence-electron chi connectivity index (χ4n) is 2.97. The first kappa shape index (κ1) is 22.3. The predicted octanol–water partition coefficient (Wildman–Crippen LogP) is 0.381. The number of hydrogen-bond donors (Lipinski definition) is 2. The van der Waals surface area contributed by atoms with Crippen molar-refractivity contribution in [2.75, 3.05) is 0 Å². The van der Waals surface area contributed by atoms with Crippen LogP contribution in [-0.2, 0) is 44.7 Å². The van der Waals surface area contributed by atoms with Crippen molar-refractivity contribution in [3.05, 3.63) is 35.9 Å². The Morgan fingerprint density at radius 1 is 1.00 bits per heavy atom. The van der Waals surface area contributed by atoms with Gasteiger partial charge in [0.25, 0.3) is 0 Å². The van der Waals surface area contributed by atoms with Gasteiger partial charge in [-0.05, 0) is 5.56 Å². The van der Waals surface area contributed by atoms with Crippen LogP contribution in [0.4, 0.5) is 0 Å². The Morgan fingerprint density at radius 2 is 1.59 bits per heavy atom. The van der Waals surface area contributed by atoms with Crippen LogP contribution in [0.25, 0.3) is 0 Å². The molecule has 0 aliphatic carbocycles. The molecule has 1 aliphatic rings. The van der Waals surface area contributed by atoms with E-state index in [9.17, 15) is 24.3 Å². The monoisotopic (exact) mass is 409 g/mol. The lowest BCUT2D eigenvalue weighted by atomic mass is 9.95. The molecule has 0 radical (unpaired) electrons. The molecule has 1 saturated heterocycles. The highest BCUT2D eigenvalue weighted by Gasteiger charge is 2.53. The smallest absolute Gasteiger partial charge is 0.337 e. The molecule has 158 valence electrons. The van der Waals surface area contributed by atoms with Crippen LogP contribution in [-0.4, -0.2) is 59.6 Å². The first-order chi connectivity index (χ1) is 13.7. The maximum Gasteiger partial charge on any atom is 0.337 e. The van der Waals surface area contributed by atoms with E-state index in [4.69, 9.17) is 18.9 Å². The van der Waals surface area contributed by atoms with E-state index >= 15 is 0 Å². The van der Waals surface area contributed by atoms with Gasteiger partial charge in [-0.25, -0.2) is 4.79 Å². The molecule has 5 atom stereocenters. The predicted molar refractivity (Wildman–Crippen MR) is 96.2 cm³/mol. The zero-order valence-corrected chi connectivity index (χ0v) is 16.2. The highest BCUT2D eigenvalue weighted by atomic mass is 16.7. The Balaban J connectivity index is 2.36. The Bertz CT molecular complexity index is 751. The van der Waals surface area contributed by atoms with Crippen molar-refractivity contribution in [2.24, 2.45) is 0 Å². The number of nitrogens with one attached hydrogen (secondary N) is 1. The second kappa shape index (κ2) is 9.99. The molecule has 0 spiro atoms. The Morgan fingerprint density at radius 3 is 2.10 bits per heavy atom. The summed E-state index contributed by atoms with van der Waals surface area (Å²) in [6.07, 6.45) is -5.77. The van der Waals surface area contributed by atoms with Crippen molar-refractivity contribution >= 4 is 23.8 Å². The number of hydrogen-bond acceptors (Lipinski definition) is 8. The zero-order chi connectivity index (χ0) is 21.6. The molecular formula is C19H23NO9. The number of ether oxygens (including phenoxy) is 4. The van der Waals surface area contributed by atoms with E-state index in [2.05, 4.69) is 5.32 Å². The summed E-state index contributed by atoms with van der Waals surface area (Å²) in [6, 6.07) is 7.88. The minimum absolute atomic E-state index is 0.0406. The molecule has 2 N–H and O–H groups in total. The molecule has 0 unspecified atom stereocenters. The maximum atomic E-state index is 11.7. The molecule has 1 fully saturated rings. The van der Waals surface area contributed by atoms with Crippen molar-refractivity contribution in [3.8, 4) is 0 Å². The average Bonchev–Trinajstić information content (AvgIpc) is 2.63. The van der Waals surface area contributed by atoms with Crippen LogP contribution in [0.3, 0.4) is 0 Å². The zero-order valence-electron chi connectivity index (χ0n) is 16.2. The molecular weight excluding hydrogens is 386 g/mol. The molecule has 1 aliphatic heterocycles. The molecule has 29 heavy (non-hydrogen) atoms. The maximum absolute atomic E-state index is 11.7. The number of aliphatic carboxylic acids is 1. The number of benzene rings is 1. The van der Waals surface area contributed by atoms with E-state index < -0.39 is 54.5 Å². The molecule has 0 saturated carbocycles. The molecule has 1 aromatic rings. The largest absolute Gasteiger partial charge is 0.479 e. The normalized spacial score (nSPS) is 26.2. The number of carboxylic acids is 1. The molecule has 10 heteroatoms. The summed E-state index contributed by atoms with van der Waals surface area (Å²) in [6.45, 7) is 3.46. The molecule has 10 nitrogen and oxygen atoms in total. The molecule has 1 heterocycles. The van der Waals surface area contributed by atoms with Crippen molar-refractivity contribution in [1.29, 1.82) is 0 Å². The van der Waals surface area contributed by atoms with Gasteiger partial charge in [0.2, 0.25) is 5.91 Å². The second-order valence-electron chi connectivity index (χ2n) is 6.43. The van der Waals surface area contributed by atoms with E-state index in [1.54, 1.807) is 24.3 Å². The van der Waals surface area contributed by atoms with Crippen LogP contribution in [0.1, 0.15) is 26.3 Å². The van der Waals surface area contributed by atoms with Gasteiger partial charge in [0.05, 0.1) is 6.61 Å². The van der Waals surface area contributed by atoms with Crippen LogP contribution < -0.4 is 5.32 Å². The number of carbonyl (C=O) groups excluding carboxylic acids is 3.